The average molecular weight is 263 g/mol. The van der Waals surface area contributed by atoms with Crippen LogP contribution >= 0.6 is 0 Å². The largest absolute Gasteiger partial charge is 0.496 e. The molecule has 0 aliphatic heterocycles. The van der Waals surface area contributed by atoms with Crippen LogP contribution in [0.25, 0.3) is 6.08 Å². The number of para-hydroxylation sites is 1. The molecule has 0 atom stereocenters. The van der Waals surface area contributed by atoms with Crippen molar-refractivity contribution in [2.75, 3.05) is 20.2 Å². The Morgan fingerprint density at radius 3 is 2.68 bits per heavy atom. The summed E-state index contributed by atoms with van der Waals surface area (Å²) in [5.74, 6) is 0.00692. The summed E-state index contributed by atoms with van der Waals surface area (Å²) >= 11 is 0. The van der Waals surface area contributed by atoms with Gasteiger partial charge < -0.3 is 9.84 Å². The third-order valence-electron chi connectivity index (χ3n) is 2.84. The van der Waals surface area contributed by atoms with Gasteiger partial charge in [-0.2, -0.15) is 0 Å². The van der Waals surface area contributed by atoms with Crippen LogP contribution in [0.5, 0.6) is 5.75 Å². The molecule has 0 amide bonds. The Hall–Kier alpha value is -1.81. The highest BCUT2D eigenvalue weighted by Gasteiger charge is 2.11. The Bertz CT molecular complexity index is 441. The maximum Gasteiger partial charge on any atom is 0.317 e. The molecule has 104 valence electrons. The molecular weight excluding hydrogens is 242 g/mol. The molecule has 0 heterocycles. The minimum Gasteiger partial charge on any atom is -0.496 e. The van der Waals surface area contributed by atoms with Gasteiger partial charge in [0.25, 0.3) is 0 Å². The fourth-order valence-corrected chi connectivity index (χ4v) is 1.75. The third-order valence-corrected chi connectivity index (χ3v) is 2.84. The van der Waals surface area contributed by atoms with E-state index in [0.717, 1.165) is 11.3 Å². The number of benzene rings is 1. The first-order valence-corrected chi connectivity index (χ1v) is 6.30. The highest BCUT2D eigenvalue weighted by molar-refractivity contribution is 5.69. The SMILES string of the molecule is COc1ccccc1/C=C/CN(CC(=O)O)C(C)C. The molecule has 0 radical (unpaired) electrons. The van der Waals surface area contributed by atoms with Gasteiger partial charge in [-0.15, -0.1) is 0 Å². The maximum atomic E-state index is 10.8. The summed E-state index contributed by atoms with van der Waals surface area (Å²) in [6, 6.07) is 7.92. The van der Waals surface area contributed by atoms with E-state index in [1.165, 1.54) is 0 Å². The van der Waals surface area contributed by atoms with E-state index in [1.54, 1.807) is 7.11 Å². The van der Waals surface area contributed by atoms with Crippen LogP contribution in [-0.4, -0.2) is 42.2 Å². The first kappa shape index (κ1) is 15.2. The number of rotatable bonds is 7. The summed E-state index contributed by atoms with van der Waals surface area (Å²) in [6.07, 6.45) is 3.91. The molecule has 0 spiro atoms. The van der Waals surface area contributed by atoms with Crippen molar-refractivity contribution in [2.45, 2.75) is 19.9 Å². The Labute approximate surface area is 114 Å². The summed E-state index contributed by atoms with van der Waals surface area (Å²) in [4.78, 5) is 12.6. The van der Waals surface area contributed by atoms with E-state index < -0.39 is 5.97 Å². The molecule has 0 aliphatic rings. The van der Waals surface area contributed by atoms with Crippen molar-refractivity contribution in [1.29, 1.82) is 0 Å². The molecule has 4 nitrogen and oxygen atoms in total. The number of hydrogen-bond donors (Lipinski definition) is 1. The van der Waals surface area contributed by atoms with Crippen LogP contribution in [0.15, 0.2) is 30.3 Å². The second-order valence-corrected chi connectivity index (χ2v) is 4.56. The minimum atomic E-state index is -0.806. The zero-order valence-corrected chi connectivity index (χ0v) is 11.7. The molecule has 1 rings (SSSR count). The lowest BCUT2D eigenvalue weighted by molar-refractivity contribution is -0.138. The third kappa shape index (κ3) is 5.14. The summed E-state index contributed by atoms with van der Waals surface area (Å²) < 4.78 is 5.26. The topological polar surface area (TPSA) is 49.8 Å². The molecule has 1 aromatic carbocycles. The predicted octanol–water partition coefficient (Wildman–Crippen LogP) is 2.50. The molecule has 0 bridgehead atoms. The van der Waals surface area contributed by atoms with Crippen LogP contribution in [0, 0.1) is 0 Å². The number of hydrogen-bond acceptors (Lipinski definition) is 3. The lowest BCUT2D eigenvalue weighted by atomic mass is 10.2. The minimum absolute atomic E-state index is 0.0495. The van der Waals surface area contributed by atoms with Gasteiger partial charge in [0.05, 0.1) is 13.7 Å². The first-order valence-electron chi connectivity index (χ1n) is 6.30. The molecule has 1 N–H and O–H groups in total. The van der Waals surface area contributed by atoms with Gasteiger partial charge in [0.1, 0.15) is 5.75 Å². The average Bonchev–Trinajstić information content (AvgIpc) is 2.37. The number of aliphatic carboxylic acids is 1. The number of methoxy groups -OCH3 is 1. The van der Waals surface area contributed by atoms with Gasteiger partial charge in [0.2, 0.25) is 0 Å². The first-order chi connectivity index (χ1) is 9.04. The van der Waals surface area contributed by atoms with Crippen LogP contribution in [0.3, 0.4) is 0 Å². The van der Waals surface area contributed by atoms with E-state index in [1.807, 2.05) is 55.2 Å². The Morgan fingerprint density at radius 2 is 2.11 bits per heavy atom. The van der Waals surface area contributed by atoms with Gasteiger partial charge >= 0.3 is 5.97 Å². The molecule has 0 unspecified atom stereocenters. The zero-order chi connectivity index (χ0) is 14.3. The van der Waals surface area contributed by atoms with Crippen LogP contribution in [-0.2, 0) is 4.79 Å². The standard InChI is InChI=1S/C15H21NO3/c1-12(2)16(11-15(17)18)10-6-8-13-7-4-5-9-14(13)19-3/h4-9,12H,10-11H2,1-3H3,(H,17,18)/b8-6+. The summed E-state index contributed by atoms with van der Waals surface area (Å²) in [6.45, 7) is 4.62. The molecule has 0 aliphatic carbocycles. The van der Waals surface area contributed by atoms with Gasteiger partial charge in [-0.25, -0.2) is 0 Å². The van der Waals surface area contributed by atoms with Crippen molar-refractivity contribution in [2.24, 2.45) is 0 Å². The van der Waals surface area contributed by atoms with Gasteiger partial charge in [-0.05, 0) is 19.9 Å². The maximum absolute atomic E-state index is 10.8. The molecule has 19 heavy (non-hydrogen) atoms. The molecule has 1 aromatic rings. The van der Waals surface area contributed by atoms with Crippen molar-refractivity contribution in [1.82, 2.24) is 4.90 Å². The van der Waals surface area contributed by atoms with E-state index in [-0.39, 0.29) is 12.6 Å². The lowest BCUT2D eigenvalue weighted by Gasteiger charge is -2.22. The number of carbonyl (C=O) groups is 1. The van der Waals surface area contributed by atoms with Crippen molar-refractivity contribution in [3.05, 3.63) is 35.9 Å². The van der Waals surface area contributed by atoms with Crippen molar-refractivity contribution in [3.8, 4) is 5.75 Å². The van der Waals surface area contributed by atoms with Crippen molar-refractivity contribution < 1.29 is 14.6 Å². The molecule has 4 heteroatoms. The Morgan fingerprint density at radius 1 is 1.42 bits per heavy atom. The van der Waals surface area contributed by atoms with Crippen molar-refractivity contribution in [3.63, 3.8) is 0 Å². The second kappa shape index (κ2) is 7.59. The van der Waals surface area contributed by atoms with Gasteiger partial charge in [-0.3, -0.25) is 9.69 Å². The summed E-state index contributed by atoms with van der Waals surface area (Å²) in [5.41, 5.74) is 0.990. The Kier molecular flexibility index (Phi) is 6.09. The van der Waals surface area contributed by atoms with Crippen LogP contribution in [0.4, 0.5) is 0 Å². The van der Waals surface area contributed by atoms with E-state index in [2.05, 4.69) is 0 Å². The van der Waals surface area contributed by atoms with Crippen molar-refractivity contribution >= 4 is 12.0 Å². The molecular formula is C15H21NO3. The van der Waals surface area contributed by atoms with Gasteiger partial charge in [0.15, 0.2) is 0 Å². The Balaban J connectivity index is 2.67. The van der Waals surface area contributed by atoms with Gasteiger partial charge in [-0.1, -0.05) is 30.4 Å². The quantitative estimate of drug-likeness (QED) is 0.821. The number of ether oxygens (including phenoxy) is 1. The molecule has 0 saturated carbocycles. The molecule has 0 saturated heterocycles. The van der Waals surface area contributed by atoms with E-state index in [0.29, 0.717) is 6.54 Å². The van der Waals surface area contributed by atoms with E-state index in [9.17, 15) is 4.79 Å². The fraction of sp³-hybridized carbons (Fsp3) is 0.400. The van der Waals surface area contributed by atoms with E-state index in [4.69, 9.17) is 9.84 Å². The highest BCUT2D eigenvalue weighted by Crippen LogP contribution is 2.18. The number of nitrogens with zero attached hydrogens (tertiary/aromatic N) is 1. The normalized spacial score (nSPS) is 11.4. The van der Waals surface area contributed by atoms with Gasteiger partial charge in [0, 0.05) is 18.2 Å². The van der Waals surface area contributed by atoms with Crippen LogP contribution < -0.4 is 4.74 Å². The van der Waals surface area contributed by atoms with Crippen LogP contribution in [0.1, 0.15) is 19.4 Å². The highest BCUT2D eigenvalue weighted by atomic mass is 16.5. The molecule has 0 aromatic heterocycles. The fourth-order valence-electron chi connectivity index (χ4n) is 1.75. The smallest absolute Gasteiger partial charge is 0.317 e. The number of carboxylic acid groups (broad SMARTS) is 1. The van der Waals surface area contributed by atoms with Crippen LogP contribution in [0.2, 0.25) is 0 Å². The summed E-state index contributed by atoms with van der Waals surface area (Å²) in [5, 5.41) is 8.85. The lowest BCUT2D eigenvalue weighted by Crippen LogP contribution is -2.35. The zero-order valence-electron chi connectivity index (χ0n) is 11.7. The summed E-state index contributed by atoms with van der Waals surface area (Å²) in [7, 11) is 1.64. The second-order valence-electron chi connectivity index (χ2n) is 4.56. The predicted molar refractivity (Wildman–Crippen MR) is 76.4 cm³/mol. The molecule has 0 fully saturated rings. The number of carboxylic acids is 1. The van der Waals surface area contributed by atoms with E-state index >= 15 is 0 Å². The monoisotopic (exact) mass is 263 g/mol.